The van der Waals surface area contributed by atoms with Gasteiger partial charge in [-0.05, 0) is 67.6 Å². The van der Waals surface area contributed by atoms with Crippen molar-refractivity contribution in [2.45, 2.75) is 18.2 Å². The molecule has 4 rings (SSSR count). The van der Waals surface area contributed by atoms with Crippen molar-refractivity contribution < 1.29 is 14.6 Å². The third-order valence-corrected chi connectivity index (χ3v) is 6.18. The van der Waals surface area contributed by atoms with Gasteiger partial charge in [0.2, 0.25) is 0 Å². The molecule has 3 aromatic carbocycles. The maximum atomic E-state index is 11.4. The molecule has 0 saturated carbocycles. The summed E-state index contributed by atoms with van der Waals surface area (Å²) < 4.78 is 7.62. The number of ether oxygens (including phenoxy) is 1. The summed E-state index contributed by atoms with van der Waals surface area (Å²) in [6.45, 7) is 1.64. The quantitative estimate of drug-likeness (QED) is 0.258. The molecular formula is C25H22ClN3O3S. The van der Waals surface area contributed by atoms with Gasteiger partial charge in [0.05, 0.1) is 6.10 Å². The molecule has 0 aliphatic heterocycles. The van der Waals surface area contributed by atoms with E-state index < -0.39 is 6.10 Å². The van der Waals surface area contributed by atoms with Gasteiger partial charge < -0.3 is 9.84 Å². The molecular weight excluding hydrogens is 458 g/mol. The highest BCUT2D eigenvalue weighted by Crippen LogP contribution is 2.29. The van der Waals surface area contributed by atoms with Crippen LogP contribution in [0.25, 0.3) is 17.1 Å². The number of para-hydroxylation sites is 1. The highest BCUT2D eigenvalue weighted by molar-refractivity contribution is 7.99. The Morgan fingerprint density at radius 1 is 1.03 bits per heavy atom. The lowest BCUT2D eigenvalue weighted by atomic mass is 10.1. The maximum absolute atomic E-state index is 11.4. The number of carbonyl (C=O) groups excluding carboxylic acids is 1. The van der Waals surface area contributed by atoms with Crippen LogP contribution >= 0.6 is 23.4 Å². The molecule has 0 aliphatic carbocycles. The monoisotopic (exact) mass is 479 g/mol. The second-order valence-corrected chi connectivity index (χ2v) is 8.76. The Morgan fingerprint density at radius 3 is 2.39 bits per heavy atom. The summed E-state index contributed by atoms with van der Waals surface area (Å²) in [5.74, 6) is 1.66. The topological polar surface area (TPSA) is 77.2 Å². The fraction of sp³-hybridized carbons (Fsp3) is 0.160. The van der Waals surface area contributed by atoms with Gasteiger partial charge in [0.1, 0.15) is 12.4 Å². The molecule has 1 heterocycles. The number of ketones is 1. The lowest BCUT2D eigenvalue weighted by molar-refractivity contribution is 0.101. The van der Waals surface area contributed by atoms with Crippen LogP contribution in [0, 0.1) is 0 Å². The van der Waals surface area contributed by atoms with Crippen LogP contribution in [-0.2, 0) is 0 Å². The third kappa shape index (κ3) is 5.82. The van der Waals surface area contributed by atoms with Crippen molar-refractivity contribution in [2.24, 2.45) is 0 Å². The predicted octanol–water partition coefficient (Wildman–Crippen LogP) is 5.32. The van der Waals surface area contributed by atoms with Gasteiger partial charge in [0.15, 0.2) is 16.8 Å². The van der Waals surface area contributed by atoms with E-state index in [4.69, 9.17) is 16.3 Å². The molecule has 6 nitrogen and oxygen atoms in total. The molecule has 4 aromatic rings. The minimum atomic E-state index is -0.720. The summed E-state index contributed by atoms with van der Waals surface area (Å²) in [4.78, 5) is 11.4. The minimum Gasteiger partial charge on any atom is -0.491 e. The number of hydrogen-bond acceptors (Lipinski definition) is 6. The van der Waals surface area contributed by atoms with Gasteiger partial charge in [-0.15, -0.1) is 10.2 Å². The normalized spacial score (nSPS) is 11.8. The van der Waals surface area contributed by atoms with Crippen LogP contribution in [0.4, 0.5) is 0 Å². The Hall–Kier alpha value is -3.13. The predicted molar refractivity (Wildman–Crippen MR) is 130 cm³/mol. The van der Waals surface area contributed by atoms with Crippen molar-refractivity contribution in [1.29, 1.82) is 0 Å². The second-order valence-electron chi connectivity index (χ2n) is 7.34. The van der Waals surface area contributed by atoms with Crippen LogP contribution in [0.3, 0.4) is 0 Å². The Morgan fingerprint density at radius 2 is 1.73 bits per heavy atom. The van der Waals surface area contributed by atoms with Crippen molar-refractivity contribution >= 4 is 29.1 Å². The molecule has 0 spiro atoms. The van der Waals surface area contributed by atoms with E-state index in [0.717, 1.165) is 11.3 Å². The summed E-state index contributed by atoms with van der Waals surface area (Å²) in [6, 6.07) is 24.1. The maximum Gasteiger partial charge on any atom is 0.196 e. The van der Waals surface area contributed by atoms with Crippen LogP contribution in [-0.4, -0.2) is 44.1 Å². The molecule has 0 aliphatic rings. The second kappa shape index (κ2) is 10.7. The Balaban J connectivity index is 1.46. The third-order valence-electron chi connectivity index (χ3n) is 4.86. The van der Waals surface area contributed by atoms with Gasteiger partial charge in [0, 0.05) is 27.6 Å². The van der Waals surface area contributed by atoms with Gasteiger partial charge in [-0.3, -0.25) is 9.36 Å². The number of aliphatic hydroxyl groups is 1. The summed E-state index contributed by atoms with van der Waals surface area (Å²) in [5, 5.41) is 20.5. The van der Waals surface area contributed by atoms with Crippen molar-refractivity contribution in [2.75, 3.05) is 12.4 Å². The summed E-state index contributed by atoms with van der Waals surface area (Å²) in [7, 11) is 0. The molecule has 1 unspecified atom stereocenters. The van der Waals surface area contributed by atoms with E-state index in [1.165, 1.54) is 18.7 Å². The SMILES string of the molecule is CC(=O)c1ccc(OCC(O)CSc2nnc(-c3ccc(Cl)cc3)n2-c2ccccc2)cc1. The zero-order chi connectivity index (χ0) is 23.2. The summed E-state index contributed by atoms with van der Waals surface area (Å²) in [6.07, 6.45) is -0.720. The number of thioether (sulfide) groups is 1. The summed E-state index contributed by atoms with van der Waals surface area (Å²) in [5.41, 5.74) is 2.43. The summed E-state index contributed by atoms with van der Waals surface area (Å²) >= 11 is 7.44. The van der Waals surface area contributed by atoms with Crippen molar-refractivity contribution in [3.8, 4) is 22.8 Å². The van der Waals surface area contributed by atoms with Gasteiger partial charge >= 0.3 is 0 Å². The molecule has 0 fully saturated rings. The first-order valence-corrected chi connectivity index (χ1v) is 11.7. The van der Waals surface area contributed by atoms with E-state index in [0.29, 0.717) is 33.1 Å². The average molecular weight is 480 g/mol. The molecule has 0 bridgehead atoms. The van der Waals surface area contributed by atoms with Crippen LogP contribution in [0.5, 0.6) is 5.75 Å². The molecule has 33 heavy (non-hydrogen) atoms. The smallest absolute Gasteiger partial charge is 0.196 e. The Labute approximate surface area is 201 Å². The molecule has 1 aromatic heterocycles. The zero-order valence-electron chi connectivity index (χ0n) is 17.9. The van der Waals surface area contributed by atoms with Gasteiger partial charge in [-0.25, -0.2) is 0 Å². The fourth-order valence-electron chi connectivity index (χ4n) is 3.16. The molecule has 8 heteroatoms. The van der Waals surface area contributed by atoms with E-state index in [9.17, 15) is 9.90 Å². The first kappa shape index (κ1) is 23.0. The standard InChI is InChI=1S/C25H22ClN3O3S/c1-17(30)18-9-13-23(14-10-18)32-15-22(31)16-33-25-28-27-24(19-7-11-20(26)12-8-19)29(25)21-5-3-2-4-6-21/h2-14,22,31H,15-16H2,1H3. The lowest BCUT2D eigenvalue weighted by Gasteiger charge is -2.13. The number of rotatable bonds is 9. The molecule has 1 N–H and O–H groups in total. The number of hydrogen-bond donors (Lipinski definition) is 1. The average Bonchev–Trinajstić information content (AvgIpc) is 3.26. The van der Waals surface area contributed by atoms with E-state index >= 15 is 0 Å². The molecule has 0 amide bonds. The van der Waals surface area contributed by atoms with E-state index in [2.05, 4.69) is 10.2 Å². The van der Waals surface area contributed by atoms with Crippen molar-refractivity contribution in [3.63, 3.8) is 0 Å². The number of carbonyl (C=O) groups is 1. The number of Topliss-reactive ketones (excluding diaryl/α,β-unsaturated/α-hetero) is 1. The van der Waals surface area contributed by atoms with Crippen LogP contribution in [0.2, 0.25) is 5.02 Å². The number of halogens is 1. The van der Waals surface area contributed by atoms with Crippen LogP contribution in [0.15, 0.2) is 84.0 Å². The first-order chi connectivity index (χ1) is 16.0. The largest absolute Gasteiger partial charge is 0.491 e. The number of aromatic nitrogens is 3. The fourth-order valence-corrected chi connectivity index (χ4v) is 4.14. The zero-order valence-corrected chi connectivity index (χ0v) is 19.5. The Bertz CT molecular complexity index is 1210. The van der Waals surface area contributed by atoms with E-state index in [1.807, 2.05) is 59.2 Å². The van der Waals surface area contributed by atoms with E-state index in [1.54, 1.807) is 24.3 Å². The van der Waals surface area contributed by atoms with Gasteiger partial charge in [0.25, 0.3) is 0 Å². The van der Waals surface area contributed by atoms with Crippen LogP contribution < -0.4 is 4.74 Å². The number of aliphatic hydroxyl groups excluding tert-OH is 1. The molecule has 168 valence electrons. The van der Waals surface area contributed by atoms with E-state index in [-0.39, 0.29) is 12.4 Å². The van der Waals surface area contributed by atoms with Crippen molar-refractivity contribution in [1.82, 2.24) is 14.8 Å². The minimum absolute atomic E-state index is 0.00141. The van der Waals surface area contributed by atoms with Gasteiger partial charge in [-0.1, -0.05) is 41.6 Å². The number of benzene rings is 3. The molecule has 1 atom stereocenters. The van der Waals surface area contributed by atoms with Crippen molar-refractivity contribution in [3.05, 3.63) is 89.4 Å². The highest BCUT2D eigenvalue weighted by Gasteiger charge is 2.18. The molecule has 0 saturated heterocycles. The highest BCUT2D eigenvalue weighted by atomic mass is 35.5. The molecule has 0 radical (unpaired) electrons. The number of nitrogens with zero attached hydrogens (tertiary/aromatic N) is 3. The lowest BCUT2D eigenvalue weighted by Crippen LogP contribution is -2.20. The van der Waals surface area contributed by atoms with Gasteiger partial charge in [-0.2, -0.15) is 0 Å². The van der Waals surface area contributed by atoms with Crippen LogP contribution in [0.1, 0.15) is 17.3 Å². The Kier molecular flexibility index (Phi) is 7.44. The first-order valence-electron chi connectivity index (χ1n) is 10.3.